The van der Waals surface area contributed by atoms with Gasteiger partial charge in [0.25, 0.3) is 0 Å². The summed E-state index contributed by atoms with van der Waals surface area (Å²) in [6.07, 6.45) is 1.82. The van der Waals surface area contributed by atoms with Crippen LogP contribution in [-0.2, 0) is 20.7 Å². The highest BCUT2D eigenvalue weighted by Crippen LogP contribution is 2.22. The van der Waals surface area contributed by atoms with Crippen LogP contribution in [0, 0.1) is 0 Å². The van der Waals surface area contributed by atoms with Crippen LogP contribution >= 0.6 is 0 Å². The quantitative estimate of drug-likeness (QED) is 0.739. The number of carbonyl (C=O) groups is 2. The average molecular weight is 336 g/mol. The highest BCUT2D eigenvalue weighted by molar-refractivity contribution is 5.79. The molecule has 1 N–H and O–H groups in total. The van der Waals surface area contributed by atoms with Crippen molar-refractivity contribution < 1.29 is 24.2 Å². The van der Waals surface area contributed by atoms with E-state index in [1.807, 2.05) is 32.9 Å². The zero-order valence-corrected chi connectivity index (χ0v) is 15.2. The lowest BCUT2D eigenvalue weighted by Gasteiger charge is -2.29. The molecular weight excluding hydrogens is 308 g/mol. The Morgan fingerprint density at radius 3 is 2.12 bits per heavy atom. The van der Waals surface area contributed by atoms with E-state index < -0.39 is 23.8 Å². The van der Waals surface area contributed by atoms with Crippen LogP contribution in [0.3, 0.4) is 0 Å². The van der Waals surface area contributed by atoms with E-state index in [4.69, 9.17) is 14.6 Å². The number of hydrogen-bond donors (Lipinski definition) is 1. The number of aliphatic hydroxyl groups excluding tert-OH is 1. The normalized spacial score (nSPS) is 11.9. The van der Waals surface area contributed by atoms with Gasteiger partial charge in [0.15, 0.2) is 11.4 Å². The van der Waals surface area contributed by atoms with Crippen molar-refractivity contribution in [1.29, 1.82) is 0 Å². The first-order valence-electron chi connectivity index (χ1n) is 8.17. The molecule has 24 heavy (non-hydrogen) atoms. The number of ether oxygens (including phenoxy) is 2. The first-order valence-corrected chi connectivity index (χ1v) is 8.17. The molecule has 0 radical (unpaired) electrons. The Balaban J connectivity index is 2.59. The van der Waals surface area contributed by atoms with Gasteiger partial charge in [0.1, 0.15) is 18.0 Å². The summed E-state index contributed by atoms with van der Waals surface area (Å²) < 4.78 is 11.1. The third kappa shape index (κ3) is 7.13. The van der Waals surface area contributed by atoms with E-state index in [1.165, 1.54) is 0 Å². The molecule has 0 aliphatic heterocycles. The van der Waals surface area contributed by atoms with Crippen LogP contribution in [0.4, 0.5) is 0 Å². The molecule has 0 bridgehead atoms. The predicted molar refractivity (Wildman–Crippen MR) is 92.0 cm³/mol. The molecule has 0 unspecified atom stereocenters. The highest BCUT2D eigenvalue weighted by Gasteiger charge is 2.34. The van der Waals surface area contributed by atoms with Crippen molar-refractivity contribution in [2.24, 2.45) is 0 Å². The van der Waals surface area contributed by atoms with Crippen molar-refractivity contribution >= 4 is 11.8 Å². The van der Waals surface area contributed by atoms with Crippen LogP contribution in [0.5, 0.6) is 5.75 Å². The molecule has 0 saturated carbocycles. The fourth-order valence-electron chi connectivity index (χ4n) is 2.03. The van der Waals surface area contributed by atoms with Crippen LogP contribution in [-0.4, -0.2) is 34.7 Å². The maximum Gasteiger partial charge on any atom is 0.350 e. The van der Waals surface area contributed by atoms with Crippen molar-refractivity contribution in [3.8, 4) is 5.75 Å². The smallest absolute Gasteiger partial charge is 0.350 e. The minimum absolute atomic E-state index is 0.144. The SMILES string of the molecule is CC(C)(C)OC(=O)C(C)(C)Oc1ccc(CCCC(=O)CO)cc1. The highest BCUT2D eigenvalue weighted by atomic mass is 16.6. The lowest BCUT2D eigenvalue weighted by Crippen LogP contribution is -2.43. The molecule has 0 aliphatic carbocycles. The van der Waals surface area contributed by atoms with Crippen LogP contribution in [0.25, 0.3) is 0 Å². The molecular formula is C19H28O5. The Bertz CT molecular complexity index is 552. The topological polar surface area (TPSA) is 72.8 Å². The van der Waals surface area contributed by atoms with Crippen LogP contribution < -0.4 is 4.74 Å². The van der Waals surface area contributed by atoms with E-state index in [1.54, 1.807) is 26.0 Å². The summed E-state index contributed by atoms with van der Waals surface area (Å²) in [7, 11) is 0. The van der Waals surface area contributed by atoms with Gasteiger partial charge in [-0.1, -0.05) is 12.1 Å². The number of carbonyl (C=O) groups excluding carboxylic acids is 2. The van der Waals surface area contributed by atoms with Crippen LogP contribution in [0.1, 0.15) is 53.0 Å². The lowest BCUT2D eigenvalue weighted by atomic mass is 10.1. The second-order valence-electron chi connectivity index (χ2n) is 7.31. The zero-order chi connectivity index (χ0) is 18.4. The van der Waals surface area contributed by atoms with Crippen molar-refractivity contribution in [2.45, 2.75) is 65.1 Å². The third-order valence-corrected chi connectivity index (χ3v) is 3.28. The summed E-state index contributed by atoms with van der Waals surface area (Å²) in [6, 6.07) is 7.42. The molecule has 0 aliphatic rings. The van der Waals surface area contributed by atoms with Crippen LogP contribution in [0.2, 0.25) is 0 Å². The van der Waals surface area contributed by atoms with Gasteiger partial charge in [-0.05, 0) is 65.2 Å². The fourth-order valence-corrected chi connectivity index (χ4v) is 2.03. The number of aliphatic hydroxyl groups is 1. The Kier molecular flexibility index (Phi) is 6.96. The molecule has 0 heterocycles. The van der Waals surface area contributed by atoms with Gasteiger partial charge in [0.05, 0.1) is 0 Å². The monoisotopic (exact) mass is 336 g/mol. The van der Waals surface area contributed by atoms with Crippen molar-refractivity contribution in [3.05, 3.63) is 29.8 Å². The number of rotatable bonds is 8. The third-order valence-electron chi connectivity index (χ3n) is 3.28. The molecule has 1 aromatic carbocycles. The van der Waals surface area contributed by atoms with Gasteiger partial charge >= 0.3 is 5.97 Å². The van der Waals surface area contributed by atoms with E-state index in [0.29, 0.717) is 18.6 Å². The van der Waals surface area contributed by atoms with Gasteiger partial charge in [-0.2, -0.15) is 0 Å². The van der Waals surface area contributed by atoms with Gasteiger partial charge in [-0.15, -0.1) is 0 Å². The van der Waals surface area contributed by atoms with E-state index in [-0.39, 0.29) is 5.78 Å². The Hall–Kier alpha value is -1.88. The van der Waals surface area contributed by atoms with Gasteiger partial charge in [-0.3, -0.25) is 4.79 Å². The second-order valence-corrected chi connectivity index (χ2v) is 7.31. The summed E-state index contributed by atoms with van der Waals surface area (Å²) in [5.74, 6) is 0.0247. The van der Waals surface area contributed by atoms with E-state index in [0.717, 1.165) is 12.0 Å². The summed E-state index contributed by atoms with van der Waals surface area (Å²) >= 11 is 0. The molecule has 1 aromatic rings. The number of ketones is 1. The van der Waals surface area contributed by atoms with E-state index >= 15 is 0 Å². The maximum atomic E-state index is 12.2. The minimum Gasteiger partial charge on any atom is -0.476 e. The van der Waals surface area contributed by atoms with Crippen LogP contribution in [0.15, 0.2) is 24.3 Å². The van der Waals surface area contributed by atoms with Gasteiger partial charge in [-0.25, -0.2) is 4.79 Å². The largest absolute Gasteiger partial charge is 0.476 e. The predicted octanol–water partition coefficient (Wildman–Crippen LogP) is 3.07. The molecule has 0 aromatic heterocycles. The number of aryl methyl sites for hydroxylation is 1. The van der Waals surface area contributed by atoms with Crippen molar-refractivity contribution in [2.75, 3.05) is 6.61 Å². The maximum absolute atomic E-state index is 12.2. The number of Topliss-reactive ketones (excluding diaryl/α,β-unsaturated/α-hetero) is 1. The molecule has 0 fully saturated rings. The van der Waals surface area contributed by atoms with E-state index in [9.17, 15) is 9.59 Å². The molecule has 0 atom stereocenters. The van der Waals surface area contributed by atoms with Crippen molar-refractivity contribution in [3.63, 3.8) is 0 Å². The Morgan fingerprint density at radius 1 is 1.04 bits per heavy atom. The van der Waals surface area contributed by atoms with Gasteiger partial charge in [0, 0.05) is 6.42 Å². The summed E-state index contributed by atoms with van der Waals surface area (Å²) in [5, 5.41) is 8.69. The second kappa shape index (κ2) is 8.29. The summed E-state index contributed by atoms with van der Waals surface area (Å²) in [5.41, 5.74) is -0.571. The van der Waals surface area contributed by atoms with Gasteiger partial charge in [0.2, 0.25) is 0 Å². The first-order chi connectivity index (χ1) is 11.0. The first kappa shape index (κ1) is 20.2. The molecule has 0 amide bonds. The summed E-state index contributed by atoms with van der Waals surface area (Å²) in [6.45, 7) is 8.41. The standard InChI is InChI=1S/C19H28O5/c1-18(2,3)24-17(22)19(4,5)23-16-11-9-14(10-12-16)7-6-8-15(21)13-20/h9-12,20H,6-8,13H2,1-5H3. The molecule has 134 valence electrons. The molecule has 0 saturated heterocycles. The van der Waals surface area contributed by atoms with Crippen molar-refractivity contribution in [1.82, 2.24) is 0 Å². The Labute approximate surface area is 144 Å². The van der Waals surface area contributed by atoms with Gasteiger partial charge < -0.3 is 14.6 Å². The minimum atomic E-state index is -1.08. The average Bonchev–Trinajstić information content (AvgIpc) is 2.46. The number of benzene rings is 1. The molecule has 0 spiro atoms. The summed E-state index contributed by atoms with van der Waals surface area (Å²) in [4.78, 5) is 23.2. The lowest BCUT2D eigenvalue weighted by molar-refractivity contribution is -0.170. The zero-order valence-electron chi connectivity index (χ0n) is 15.2. The molecule has 5 heteroatoms. The number of esters is 1. The molecule has 1 rings (SSSR count). The molecule has 5 nitrogen and oxygen atoms in total. The fraction of sp³-hybridized carbons (Fsp3) is 0.579. The van der Waals surface area contributed by atoms with E-state index in [2.05, 4.69) is 0 Å². The Morgan fingerprint density at radius 2 is 1.62 bits per heavy atom. The number of hydrogen-bond acceptors (Lipinski definition) is 5.